The first-order valence-electron chi connectivity index (χ1n) is 10.2. The SMILES string of the molecule is O=[P+](O)OCCCNCc1cc(Br)c(CCCCCCc2ccc(F)cc2)cc1F. The van der Waals surface area contributed by atoms with Gasteiger partial charge in [0.1, 0.15) is 18.2 Å². The zero-order valence-electron chi connectivity index (χ0n) is 16.9. The van der Waals surface area contributed by atoms with Crippen molar-refractivity contribution in [2.45, 2.75) is 51.5 Å². The number of unbranched alkanes of at least 4 members (excludes halogenated alkanes) is 3. The maximum Gasteiger partial charge on any atom is 0.694 e. The summed E-state index contributed by atoms with van der Waals surface area (Å²) in [7, 11) is -2.56. The highest BCUT2D eigenvalue weighted by Gasteiger charge is 2.11. The summed E-state index contributed by atoms with van der Waals surface area (Å²) in [6.07, 6.45) is 6.55. The summed E-state index contributed by atoms with van der Waals surface area (Å²) in [6.45, 7) is 1.15. The summed E-state index contributed by atoms with van der Waals surface area (Å²) in [6, 6.07) is 10.1. The zero-order valence-corrected chi connectivity index (χ0v) is 19.4. The molecule has 1 unspecified atom stereocenters. The van der Waals surface area contributed by atoms with E-state index in [1.807, 2.05) is 18.2 Å². The van der Waals surface area contributed by atoms with E-state index in [0.717, 1.165) is 54.1 Å². The summed E-state index contributed by atoms with van der Waals surface area (Å²) in [5.74, 6) is -0.433. The Balaban J connectivity index is 1.65. The van der Waals surface area contributed by atoms with E-state index in [4.69, 9.17) is 4.89 Å². The van der Waals surface area contributed by atoms with Crippen molar-refractivity contribution in [3.63, 3.8) is 0 Å². The minimum Gasteiger partial charge on any atom is -0.312 e. The Kier molecular flexibility index (Phi) is 11.6. The molecule has 0 amide bonds. The van der Waals surface area contributed by atoms with E-state index in [0.29, 0.717) is 25.1 Å². The van der Waals surface area contributed by atoms with Gasteiger partial charge in [0.15, 0.2) is 0 Å². The predicted octanol–water partition coefficient (Wildman–Crippen LogP) is 6.22. The van der Waals surface area contributed by atoms with Crippen LogP contribution in [-0.2, 0) is 28.5 Å². The molecule has 0 spiro atoms. The zero-order chi connectivity index (χ0) is 21.8. The Morgan fingerprint density at radius 2 is 1.67 bits per heavy atom. The van der Waals surface area contributed by atoms with Gasteiger partial charge in [0.2, 0.25) is 0 Å². The molecule has 0 aromatic heterocycles. The van der Waals surface area contributed by atoms with E-state index in [9.17, 15) is 13.3 Å². The molecule has 8 heteroatoms. The van der Waals surface area contributed by atoms with Crippen molar-refractivity contribution in [2.24, 2.45) is 0 Å². The Morgan fingerprint density at radius 1 is 0.967 bits per heavy atom. The number of benzene rings is 2. The molecule has 0 bridgehead atoms. The number of hydrogen-bond acceptors (Lipinski definition) is 3. The van der Waals surface area contributed by atoms with Gasteiger partial charge in [0.25, 0.3) is 0 Å². The van der Waals surface area contributed by atoms with E-state index in [1.165, 1.54) is 12.1 Å². The number of hydrogen-bond donors (Lipinski definition) is 2. The minimum absolute atomic E-state index is 0.188. The molecule has 0 saturated heterocycles. The van der Waals surface area contributed by atoms with E-state index >= 15 is 0 Å². The summed E-state index contributed by atoms with van der Waals surface area (Å²) >= 11 is 3.54. The lowest BCUT2D eigenvalue weighted by Gasteiger charge is -2.10. The van der Waals surface area contributed by atoms with Gasteiger partial charge >= 0.3 is 8.25 Å². The normalized spacial score (nSPS) is 11.7. The maximum absolute atomic E-state index is 14.4. The lowest BCUT2D eigenvalue weighted by atomic mass is 10.0. The van der Waals surface area contributed by atoms with Gasteiger partial charge in [-0.3, -0.25) is 0 Å². The van der Waals surface area contributed by atoms with Crippen LogP contribution in [0.2, 0.25) is 0 Å². The first kappa shape index (κ1) is 25.0. The number of halogens is 3. The van der Waals surface area contributed by atoms with E-state index in [-0.39, 0.29) is 18.2 Å². The molecule has 0 aliphatic rings. The fraction of sp³-hybridized carbons (Fsp3) is 0.455. The molecule has 2 aromatic rings. The maximum atomic E-state index is 14.4. The van der Waals surface area contributed by atoms with E-state index < -0.39 is 8.25 Å². The largest absolute Gasteiger partial charge is 0.694 e. The van der Waals surface area contributed by atoms with E-state index in [1.54, 1.807) is 6.07 Å². The minimum atomic E-state index is -2.56. The monoisotopic (exact) mass is 502 g/mol. The molecule has 0 radical (unpaired) electrons. The molecular weight excluding hydrogens is 475 g/mol. The van der Waals surface area contributed by atoms with Crippen molar-refractivity contribution < 1.29 is 22.8 Å². The Hall–Kier alpha value is -1.24. The van der Waals surface area contributed by atoms with Crippen LogP contribution < -0.4 is 5.32 Å². The molecule has 0 aliphatic carbocycles. The van der Waals surface area contributed by atoms with Gasteiger partial charge in [-0.15, -0.1) is 9.42 Å². The molecule has 2 rings (SSSR count). The van der Waals surface area contributed by atoms with Crippen LogP contribution in [0.15, 0.2) is 40.9 Å². The fourth-order valence-electron chi connectivity index (χ4n) is 3.17. The van der Waals surface area contributed by atoms with Crippen molar-refractivity contribution in [3.05, 3.63) is 69.2 Å². The Labute approximate surface area is 186 Å². The third kappa shape index (κ3) is 9.71. The van der Waals surface area contributed by atoms with E-state index in [2.05, 4.69) is 25.8 Å². The van der Waals surface area contributed by atoms with Crippen LogP contribution >= 0.6 is 24.2 Å². The standard InChI is InChI=1S/C22H27BrF2NO3P/c23-21-14-19(16-26-12-5-13-29-30(27)28)22(25)15-18(21)7-4-2-1-3-6-17-8-10-20(24)11-9-17/h8-11,14-15,26H,1-7,12-13,16H2/p+1. The molecule has 2 N–H and O–H groups in total. The topological polar surface area (TPSA) is 58.6 Å². The third-order valence-electron chi connectivity index (χ3n) is 4.81. The van der Waals surface area contributed by atoms with Gasteiger partial charge in [-0.25, -0.2) is 8.78 Å². The quantitative estimate of drug-likeness (QED) is 0.238. The van der Waals surface area contributed by atoms with Crippen LogP contribution in [0.4, 0.5) is 8.78 Å². The number of aryl methyl sites for hydroxylation is 2. The van der Waals surface area contributed by atoms with Gasteiger partial charge in [-0.1, -0.05) is 40.9 Å². The van der Waals surface area contributed by atoms with Crippen molar-refractivity contribution in [3.8, 4) is 0 Å². The highest BCUT2D eigenvalue weighted by atomic mass is 79.9. The van der Waals surface area contributed by atoms with Crippen molar-refractivity contribution in [1.29, 1.82) is 0 Å². The number of nitrogens with one attached hydrogen (secondary N) is 1. The average Bonchev–Trinajstić information content (AvgIpc) is 2.71. The van der Waals surface area contributed by atoms with Crippen LogP contribution in [0.3, 0.4) is 0 Å². The Bertz CT molecular complexity index is 806. The van der Waals surface area contributed by atoms with Crippen molar-refractivity contribution >= 4 is 24.2 Å². The van der Waals surface area contributed by atoms with Crippen LogP contribution in [0.5, 0.6) is 0 Å². The molecule has 0 aliphatic heterocycles. The van der Waals surface area contributed by atoms with Gasteiger partial charge in [0.05, 0.1) is 0 Å². The highest BCUT2D eigenvalue weighted by Crippen LogP contribution is 2.24. The smallest absolute Gasteiger partial charge is 0.312 e. The summed E-state index contributed by atoms with van der Waals surface area (Å²) in [5, 5.41) is 3.11. The highest BCUT2D eigenvalue weighted by molar-refractivity contribution is 9.10. The lowest BCUT2D eigenvalue weighted by molar-refractivity contribution is 0.276. The summed E-state index contributed by atoms with van der Waals surface area (Å²) < 4.78 is 43.2. The van der Waals surface area contributed by atoms with Gasteiger partial charge in [0, 0.05) is 21.1 Å². The summed E-state index contributed by atoms with van der Waals surface area (Å²) in [5.41, 5.74) is 2.70. The first-order chi connectivity index (χ1) is 14.5. The van der Waals surface area contributed by atoms with Gasteiger partial charge < -0.3 is 5.32 Å². The molecule has 1 atom stereocenters. The molecule has 2 aromatic carbocycles. The molecule has 0 saturated carbocycles. The van der Waals surface area contributed by atoms with Gasteiger partial charge in [-0.2, -0.15) is 0 Å². The van der Waals surface area contributed by atoms with Crippen molar-refractivity contribution in [2.75, 3.05) is 13.2 Å². The third-order valence-corrected chi connectivity index (χ3v) is 5.95. The van der Waals surface area contributed by atoms with Crippen molar-refractivity contribution in [1.82, 2.24) is 5.32 Å². The molecule has 30 heavy (non-hydrogen) atoms. The second-order valence-corrected chi connectivity index (χ2v) is 8.77. The molecule has 164 valence electrons. The molecule has 4 nitrogen and oxygen atoms in total. The van der Waals surface area contributed by atoms with Crippen LogP contribution in [0.1, 0.15) is 48.8 Å². The Morgan fingerprint density at radius 3 is 2.37 bits per heavy atom. The summed E-state index contributed by atoms with van der Waals surface area (Å²) in [4.78, 5) is 8.54. The van der Waals surface area contributed by atoms with Crippen LogP contribution in [0.25, 0.3) is 0 Å². The van der Waals surface area contributed by atoms with Gasteiger partial charge in [-0.05, 0) is 74.0 Å². The molecule has 0 heterocycles. The van der Waals surface area contributed by atoms with Crippen LogP contribution in [-0.4, -0.2) is 18.0 Å². The number of rotatable bonds is 14. The molecule has 0 fully saturated rings. The second-order valence-electron chi connectivity index (χ2n) is 7.18. The van der Waals surface area contributed by atoms with Crippen LogP contribution in [0, 0.1) is 11.6 Å². The fourth-order valence-corrected chi connectivity index (χ4v) is 4.04. The predicted molar refractivity (Wildman–Crippen MR) is 118 cm³/mol. The molecular formula is C22H28BrF2NO3P+. The first-order valence-corrected chi connectivity index (χ1v) is 12.1. The average molecular weight is 503 g/mol. The second kappa shape index (κ2) is 13.9. The lowest BCUT2D eigenvalue weighted by Crippen LogP contribution is -2.17.